The summed E-state index contributed by atoms with van der Waals surface area (Å²) in [5.74, 6) is 0.966. The predicted octanol–water partition coefficient (Wildman–Crippen LogP) is 3.88. The Kier molecular flexibility index (Phi) is 2.58. The maximum atomic E-state index is 4.02. The van der Waals surface area contributed by atoms with Gasteiger partial charge in [0.2, 0.25) is 0 Å². The molecule has 3 aliphatic rings. The van der Waals surface area contributed by atoms with E-state index >= 15 is 0 Å². The fourth-order valence-electron chi connectivity index (χ4n) is 4.15. The Bertz CT molecular complexity index is 259. The van der Waals surface area contributed by atoms with E-state index in [4.69, 9.17) is 0 Å². The lowest BCUT2D eigenvalue weighted by Gasteiger charge is -2.55. The molecule has 0 amide bonds. The van der Waals surface area contributed by atoms with Gasteiger partial charge in [0.25, 0.3) is 0 Å². The zero-order valence-electron chi connectivity index (χ0n) is 11.0. The summed E-state index contributed by atoms with van der Waals surface area (Å²) in [6, 6.07) is 0.850. The van der Waals surface area contributed by atoms with Gasteiger partial charge in [-0.15, -0.1) is 0 Å². The largest absolute Gasteiger partial charge is 0.308 e. The molecule has 0 bridgehead atoms. The minimum Gasteiger partial charge on any atom is -0.308 e. The zero-order valence-corrected chi connectivity index (χ0v) is 11.0. The van der Waals surface area contributed by atoms with E-state index in [1.807, 2.05) is 0 Å². The summed E-state index contributed by atoms with van der Waals surface area (Å²) in [7, 11) is 0. The van der Waals surface area contributed by atoms with Crippen LogP contribution in [0.25, 0.3) is 0 Å². The van der Waals surface area contributed by atoms with E-state index in [9.17, 15) is 0 Å². The fourth-order valence-corrected chi connectivity index (χ4v) is 4.15. The third kappa shape index (κ3) is 1.81. The van der Waals surface area contributed by atoms with Gasteiger partial charge in [-0.3, -0.25) is 0 Å². The molecule has 16 heavy (non-hydrogen) atoms. The summed E-state index contributed by atoms with van der Waals surface area (Å²) in [6.45, 7) is 4.86. The van der Waals surface area contributed by atoms with E-state index in [0.29, 0.717) is 5.54 Å². The number of hydrogen-bond acceptors (Lipinski definition) is 1. The van der Waals surface area contributed by atoms with Gasteiger partial charge < -0.3 is 5.32 Å². The Morgan fingerprint density at radius 3 is 2.12 bits per heavy atom. The van der Waals surface area contributed by atoms with Crippen LogP contribution in [0.5, 0.6) is 0 Å². The molecule has 0 aromatic rings. The van der Waals surface area contributed by atoms with Crippen LogP contribution in [0, 0.1) is 11.3 Å². The molecule has 0 saturated heterocycles. The Morgan fingerprint density at radius 2 is 1.62 bits per heavy atom. The second-order valence-electron chi connectivity index (χ2n) is 7.15. The van der Waals surface area contributed by atoms with E-state index in [1.54, 1.807) is 0 Å². The molecule has 0 radical (unpaired) electrons. The molecule has 1 N–H and O–H groups in total. The van der Waals surface area contributed by atoms with Crippen molar-refractivity contribution >= 4 is 0 Å². The fraction of sp³-hybridized carbons (Fsp3) is 1.00. The molecular formula is C15H27N. The summed E-state index contributed by atoms with van der Waals surface area (Å²) in [6.07, 6.45) is 13.3. The predicted molar refractivity (Wildman–Crippen MR) is 68.5 cm³/mol. The summed E-state index contributed by atoms with van der Waals surface area (Å²) in [5, 5.41) is 4.02. The molecule has 92 valence electrons. The van der Waals surface area contributed by atoms with Crippen molar-refractivity contribution in [3.05, 3.63) is 0 Å². The lowest BCUT2D eigenvalue weighted by Crippen LogP contribution is -2.60. The first-order valence-corrected chi connectivity index (χ1v) is 7.40. The van der Waals surface area contributed by atoms with E-state index in [2.05, 4.69) is 19.2 Å². The van der Waals surface area contributed by atoms with Gasteiger partial charge in [0.05, 0.1) is 0 Å². The second kappa shape index (κ2) is 3.73. The molecule has 0 aromatic carbocycles. The topological polar surface area (TPSA) is 12.0 Å². The molecule has 3 aliphatic carbocycles. The maximum absolute atomic E-state index is 4.02. The van der Waals surface area contributed by atoms with Crippen LogP contribution in [-0.2, 0) is 0 Å². The van der Waals surface area contributed by atoms with Crippen molar-refractivity contribution in [3.63, 3.8) is 0 Å². The Hall–Kier alpha value is -0.0400. The van der Waals surface area contributed by atoms with Crippen LogP contribution in [-0.4, -0.2) is 11.6 Å². The summed E-state index contributed by atoms with van der Waals surface area (Å²) >= 11 is 0. The van der Waals surface area contributed by atoms with Gasteiger partial charge in [-0.2, -0.15) is 0 Å². The van der Waals surface area contributed by atoms with Crippen molar-refractivity contribution in [2.75, 3.05) is 0 Å². The molecule has 0 heterocycles. The van der Waals surface area contributed by atoms with Crippen molar-refractivity contribution in [3.8, 4) is 0 Å². The molecule has 1 atom stereocenters. The van der Waals surface area contributed by atoms with Gasteiger partial charge in [0.1, 0.15) is 0 Å². The monoisotopic (exact) mass is 221 g/mol. The molecule has 1 heteroatoms. The lowest BCUT2D eigenvalue weighted by molar-refractivity contribution is 0.00466. The maximum Gasteiger partial charge on any atom is 0.0156 e. The van der Waals surface area contributed by atoms with Crippen LogP contribution < -0.4 is 5.32 Å². The van der Waals surface area contributed by atoms with Crippen LogP contribution >= 0.6 is 0 Å². The highest BCUT2D eigenvalue weighted by molar-refractivity contribution is 5.06. The quantitative estimate of drug-likeness (QED) is 0.762. The van der Waals surface area contributed by atoms with Crippen LogP contribution in [0.1, 0.15) is 71.6 Å². The first-order chi connectivity index (χ1) is 7.62. The van der Waals surface area contributed by atoms with E-state index in [1.165, 1.54) is 57.8 Å². The first-order valence-electron chi connectivity index (χ1n) is 7.40. The van der Waals surface area contributed by atoms with Crippen molar-refractivity contribution in [1.82, 2.24) is 5.32 Å². The summed E-state index contributed by atoms with van der Waals surface area (Å²) in [4.78, 5) is 0. The molecule has 1 nitrogen and oxygen atoms in total. The highest BCUT2D eigenvalue weighted by atomic mass is 15.0. The van der Waals surface area contributed by atoms with Crippen molar-refractivity contribution in [2.45, 2.75) is 83.2 Å². The van der Waals surface area contributed by atoms with Gasteiger partial charge in [0, 0.05) is 11.6 Å². The normalized spacial score (nSPS) is 33.8. The lowest BCUT2D eigenvalue weighted by atomic mass is 9.57. The summed E-state index contributed by atoms with van der Waals surface area (Å²) in [5.41, 5.74) is 1.14. The zero-order chi connectivity index (χ0) is 11.2. The van der Waals surface area contributed by atoms with Gasteiger partial charge >= 0.3 is 0 Å². The Morgan fingerprint density at radius 1 is 0.938 bits per heavy atom. The standard InChI is InChI=1S/C15H27N/c1-14(2,12-6-7-12)16-13-8-11-15(13)9-4-3-5-10-15/h12-13,16H,3-11H2,1-2H3. The van der Waals surface area contributed by atoms with Gasteiger partial charge in [0.15, 0.2) is 0 Å². The highest BCUT2D eigenvalue weighted by Crippen LogP contribution is 2.53. The van der Waals surface area contributed by atoms with E-state index in [-0.39, 0.29) is 0 Å². The molecule has 0 aliphatic heterocycles. The molecule has 3 rings (SSSR count). The number of rotatable bonds is 3. The van der Waals surface area contributed by atoms with Gasteiger partial charge in [-0.25, -0.2) is 0 Å². The van der Waals surface area contributed by atoms with Crippen LogP contribution in [0.15, 0.2) is 0 Å². The number of hydrogen-bond donors (Lipinski definition) is 1. The smallest absolute Gasteiger partial charge is 0.0156 e. The molecule has 0 aromatic heterocycles. The highest BCUT2D eigenvalue weighted by Gasteiger charge is 2.50. The Labute approximate surface area is 100 Å². The molecule has 3 fully saturated rings. The first kappa shape index (κ1) is 11.1. The molecule has 3 saturated carbocycles. The average molecular weight is 221 g/mol. The molecule has 1 unspecified atom stereocenters. The van der Waals surface area contributed by atoms with E-state index in [0.717, 1.165) is 17.4 Å². The SMILES string of the molecule is CC(C)(NC1CCC12CCCCC2)C1CC1. The van der Waals surface area contributed by atoms with Crippen molar-refractivity contribution in [2.24, 2.45) is 11.3 Å². The molecular weight excluding hydrogens is 194 g/mol. The third-order valence-corrected chi connectivity index (χ3v) is 5.66. The van der Waals surface area contributed by atoms with Crippen LogP contribution in [0.4, 0.5) is 0 Å². The van der Waals surface area contributed by atoms with Gasteiger partial charge in [-0.1, -0.05) is 19.3 Å². The summed E-state index contributed by atoms with van der Waals surface area (Å²) < 4.78 is 0. The third-order valence-electron chi connectivity index (χ3n) is 5.66. The number of nitrogens with one attached hydrogen (secondary N) is 1. The van der Waals surface area contributed by atoms with Gasteiger partial charge in [-0.05, 0) is 63.7 Å². The second-order valence-corrected chi connectivity index (χ2v) is 7.15. The van der Waals surface area contributed by atoms with Crippen molar-refractivity contribution in [1.29, 1.82) is 0 Å². The van der Waals surface area contributed by atoms with E-state index < -0.39 is 0 Å². The average Bonchev–Trinajstić information content (AvgIpc) is 3.10. The Balaban J connectivity index is 1.62. The van der Waals surface area contributed by atoms with Crippen LogP contribution in [0.2, 0.25) is 0 Å². The molecule has 1 spiro atoms. The minimum atomic E-state index is 0.412. The van der Waals surface area contributed by atoms with Crippen LogP contribution in [0.3, 0.4) is 0 Å². The van der Waals surface area contributed by atoms with Crippen molar-refractivity contribution < 1.29 is 0 Å². The minimum absolute atomic E-state index is 0.412.